The Bertz CT molecular complexity index is 2370. The molecule has 0 saturated carbocycles. The van der Waals surface area contributed by atoms with Gasteiger partial charge in [0, 0.05) is 17.7 Å². The van der Waals surface area contributed by atoms with Crippen molar-refractivity contribution in [1.82, 2.24) is 4.57 Å². The summed E-state index contributed by atoms with van der Waals surface area (Å²) in [4.78, 5) is 0. The highest BCUT2D eigenvalue weighted by atomic mass is 16.5. The normalized spacial score (nSPS) is 19.8. The molecule has 49 heavy (non-hydrogen) atoms. The molecule has 1 unspecified atom stereocenters. The van der Waals surface area contributed by atoms with Crippen LogP contribution in [0.25, 0.3) is 33.7 Å². The Balaban J connectivity index is 1.47. The van der Waals surface area contributed by atoms with Gasteiger partial charge in [0.15, 0.2) is 28.9 Å². The first-order chi connectivity index (χ1) is 23.4. The van der Waals surface area contributed by atoms with E-state index in [1.807, 2.05) is 0 Å². The van der Waals surface area contributed by atoms with Crippen LogP contribution < -0.4 is 13.9 Å². The summed E-state index contributed by atoms with van der Waals surface area (Å²) in [6.45, 7) is 19.0. The zero-order chi connectivity index (χ0) is 33.8. The van der Waals surface area contributed by atoms with Crippen LogP contribution in [0.15, 0.2) is 91.1 Å². The van der Waals surface area contributed by atoms with Crippen LogP contribution in [0.2, 0.25) is 0 Å². The van der Waals surface area contributed by atoms with E-state index in [0.717, 1.165) is 29.9 Å². The molecule has 1 aliphatic carbocycles. The van der Waals surface area contributed by atoms with Gasteiger partial charge in [0.25, 0.3) is 0 Å². The number of fused-ring (bicyclic) bond motifs is 9. The number of benzene rings is 4. The third-order valence-corrected chi connectivity index (χ3v) is 12.4. The summed E-state index contributed by atoms with van der Waals surface area (Å²) >= 11 is 0. The van der Waals surface area contributed by atoms with E-state index < -0.39 is 5.54 Å². The van der Waals surface area contributed by atoms with Crippen LogP contribution in [0.3, 0.4) is 0 Å². The van der Waals surface area contributed by atoms with Gasteiger partial charge in [-0.25, -0.2) is 0 Å². The largest absolute Gasteiger partial charge is 0.448 e. The quantitative estimate of drug-likeness (QED) is 0.176. The van der Waals surface area contributed by atoms with Crippen molar-refractivity contribution in [3.8, 4) is 34.1 Å². The molecule has 4 heteroatoms. The lowest BCUT2D eigenvalue weighted by Gasteiger charge is -2.43. The van der Waals surface area contributed by atoms with Gasteiger partial charge >= 0.3 is 11.4 Å². The van der Waals surface area contributed by atoms with Crippen LogP contribution in [-0.2, 0) is 16.4 Å². The average molecular weight is 644 g/mol. The van der Waals surface area contributed by atoms with Crippen molar-refractivity contribution in [3.05, 3.63) is 130 Å². The second-order valence-electron chi connectivity index (χ2n) is 16.9. The van der Waals surface area contributed by atoms with Gasteiger partial charge in [-0.3, -0.25) is 0 Å². The molecule has 0 radical (unpaired) electrons. The fourth-order valence-electron chi connectivity index (χ4n) is 9.75. The molecular weight excluding hydrogens is 599 g/mol. The topological polar surface area (TPSA) is 21.9 Å². The van der Waals surface area contributed by atoms with Gasteiger partial charge in [0.05, 0.1) is 16.7 Å². The lowest BCUT2D eigenvalue weighted by molar-refractivity contribution is -0.733. The van der Waals surface area contributed by atoms with Crippen LogP contribution in [0.4, 0.5) is 0 Å². The smallest absolute Gasteiger partial charge is 0.352 e. The number of aromatic nitrogens is 3. The van der Waals surface area contributed by atoms with Gasteiger partial charge in [0.2, 0.25) is 11.2 Å². The van der Waals surface area contributed by atoms with Crippen LogP contribution in [0.1, 0.15) is 119 Å². The van der Waals surface area contributed by atoms with Gasteiger partial charge in [-0.15, -0.1) is 0 Å². The van der Waals surface area contributed by atoms with Crippen LogP contribution in [0.5, 0.6) is 11.5 Å². The van der Waals surface area contributed by atoms with E-state index in [1.165, 1.54) is 67.4 Å². The predicted octanol–water partition coefficient (Wildman–Crippen LogP) is 10.0. The molecule has 2 aromatic heterocycles. The fraction of sp³-hybridized carbons (Fsp3) is 0.333. The Labute approximate surface area is 289 Å². The highest BCUT2D eigenvalue weighted by Gasteiger charge is 2.70. The highest BCUT2D eigenvalue weighted by molar-refractivity contribution is 5.87. The highest BCUT2D eigenvalue weighted by Crippen LogP contribution is 2.60. The second-order valence-corrected chi connectivity index (χ2v) is 16.9. The average Bonchev–Trinajstić information content (AvgIpc) is 3.69. The van der Waals surface area contributed by atoms with Gasteiger partial charge in [-0.2, -0.15) is 13.7 Å². The Hall–Kier alpha value is -4.70. The maximum Gasteiger partial charge on any atom is 0.352 e. The minimum absolute atomic E-state index is 0.0144. The molecule has 0 saturated heterocycles. The van der Waals surface area contributed by atoms with E-state index in [0.29, 0.717) is 11.8 Å². The minimum atomic E-state index is -0.611. The van der Waals surface area contributed by atoms with Crippen molar-refractivity contribution >= 4 is 11.0 Å². The Morgan fingerprint density at radius 3 is 2.18 bits per heavy atom. The summed E-state index contributed by atoms with van der Waals surface area (Å²) in [5.41, 5.74) is 14.9. The molecule has 1 atom stereocenters. The molecule has 0 N–H and O–H groups in total. The van der Waals surface area contributed by atoms with E-state index >= 15 is 0 Å². The number of hydrogen-bond acceptors (Lipinski definition) is 1. The zero-order valence-electron chi connectivity index (χ0n) is 30.0. The molecule has 244 valence electrons. The fourth-order valence-corrected chi connectivity index (χ4v) is 9.75. The molecule has 0 fully saturated rings. The number of nitrogens with zero attached hydrogens (tertiary/aromatic N) is 3. The van der Waals surface area contributed by atoms with E-state index in [2.05, 4.69) is 160 Å². The van der Waals surface area contributed by atoms with Crippen molar-refractivity contribution in [2.45, 2.75) is 96.4 Å². The van der Waals surface area contributed by atoms with E-state index in [-0.39, 0.29) is 10.8 Å². The molecule has 5 heterocycles. The maximum absolute atomic E-state index is 7.30. The lowest BCUT2D eigenvalue weighted by Crippen LogP contribution is -2.57. The minimum Gasteiger partial charge on any atom is -0.448 e. The summed E-state index contributed by atoms with van der Waals surface area (Å²) in [6, 6.07) is 32.4. The van der Waals surface area contributed by atoms with Gasteiger partial charge in [0.1, 0.15) is 5.69 Å². The SMILES string of the molecule is CC(C)c1cc(C(C)C)cc(-n2c3[n+]4c5c(cccc52)Oc2c-4c(cc4c2C(C)(C)CCC4(C)C)C32c3ccccc3-c3cccc[n+]32)c1. The number of ether oxygens (including phenoxy) is 1. The summed E-state index contributed by atoms with van der Waals surface area (Å²) in [7, 11) is 0. The van der Waals surface area contributed by atoms with Crippen molar-refractivity contribution in [3.63, 3.8) is 0 Å². The molecule has 1 spiro atoms. The standard InChI is InChI=1S/C45H45N3O/c1-26(2)28-22-29(27(3)4)24-30(23-28)47-36-17-13-18-37-40(36)48-39-34(25-33-38(41(39)49-37)44(7,8)20-19-43(33,5)6)45(42(47)48)32-15-10-9-14-31(32)35-16-11-12-21-46(35)45/h9-18,21-27H,19-20H2,1-8H3/q+2. The molecule has 0 bridgehead atoms. The van der Waals surface area contributed by atoms with Crippen molar-refractivity contribution in [1.29, 1.82) is 0 Å². The molecular formula is C45H45N3O+2. The molecule has 6 aromatic rings. The first-order valence-corrected chi connectivity index (χ1v) is 18.2. The predicted molar refractivity (Wildman–Crippen MR) is 196 cm³/mol. The first kappa shape index (κ1) is 29.2. The van der Waals surface area contributed by atoms with Crippen LogP contribution >= 0.6 is 0 Å². The Kier molecular flexibility index (Phi) is 5.55. The van der Waals surface area contributed by atoms with E-state index in [4.69, 9.17) is 4.74 Å². The van der Waals surface area contributed by atoms with Crippen molar-refractivity contribution < 1.29 is 13.9 Å². The summed E-state index contributed by atoms with van der Waals surface area (Å²) in [6.07, 6.45) is 4.59. The van der Waals surface area contributed by atoms with Crippen molar-refractivity contribution in [2.24, 2.45) is 0 Å². The van der Waals surface area contributed by atoms with Crippen molar-refractivity contribution in [2.75, 3.05) is 0 Å². The zero-order valence-corrected chi connectivity index (χ0v) is 30.0. The first-order valence-electron chi connectivity index (χ1n) is 18.2. The van der Waals surface area contributed by atoms with E-state index in [9.17, 15) is 0 Å². The number of pyridine rings is 1. The molecule has 4 aromatic carbocycles. The van der Waals surface area contributed by atoms with Gasteiger partial charge in [-0.05, 0) is 94.7 Å². The Morgan fingerprint density at radius 1 is 0.714 bits per heavy atom. The third kappa shape index (κ3) is 3.45. The summed E-state index contributed by atoms with van der Waals surface area (Å²) < 4.78 is 15.1. The number of imidazole rings is 1. The Morgan fingerprint density at radius 2 is 1.43 bits per heavy atom. The molecule has 10 rings (SSSR count). The monoisotopic (exact) mass is 643 g/mol. The number of para-hydroxylation sites is 1. The lowest BCUT2D eigenvalue weighted by atomic mass is 9.61. The molecule has 4 aliphatic rings. The number of hydrogen-bond donors (Lipinski definition) is 0. The van der Waals surface area contributed by atoms with Crippen LogP contribution in [0, 0.1) is 0 Å². The molecule has 4 nitrogen and oxygen atoms in total. The van der Waals surface area contributed by atoms with Gasteiger partial charge < -0.3 is 4.74 Å². The maximum atomic E-state index is 7.30. The summed E-state index contributed by atoms with van der Waals surface area (Å²) in [5, 5.41) is 0. The van der Waals surface area contributed by atoms with E-state index in [1.54, 1.807) is 0 Å². The van der Waals surface area contributed by atoms with Crippen LogP contribution in [-0.4, -0.2) is 4.57 Å². The second kappa shape index (κ2) is 9.29. The summed E-state index contributed by atoms with van der Waals surface area (Å²) in [5.74, 6) is 4.06. The molecule has 3 aliphatic heterocycles. The number of rotatable bonds is 3. The molecule has 0 amide bonds. The third-order valence-electron chi connectivity index (χ3n) is 12.4. The van der Waals surface area contributed by atoms with Gasteiger partial charge in [-0.1, -0.05) is 85.7 Å².